The molecule has 5 heteroatoms. The number of nitriles is 1. The number of benzene rings is 1. The Morgan fingerprint density at radius 3 is 2.72 bits per heavy atom. The smallest absolute Gasteiger partial charge is 0.263 e. The second-order valence-corrected chi connectivity index (χ2v) is 6.87. The largest absolute Gasteiger partial charge is 0.374 e. The van der Waals surface area contributed by atoms with Crippen LogP contribution in [-0.4, -0.2) is 37.0 Å². The van der Waals surface area contributed by atoms with Crippen LogP contribution in [-0.2, 0) is 17.6 Å². The maximum Gasteiger partial charge on any atom is 0.263 e. The molecule has 132 valence electrons. The Hall–Kier alpha value is -2.32. The summed E-state index contributed by atoms with van der Waals surface area (Å²) in [5.74, 6) is -0.300. The van der Waals surface area contributed by atoms with Crippen molar-refractivity contribution in [3.63, 3.8) is 0 Å². The first-order chi connectivity index (χ1) is 12.2. The number of carbonyl (C=O) groups is 1. The standard InChI is InChI=1S/C20H26N4O/c1-15(17-7-6-16-4-2-3-5-18(16)12-17)23-20(25)19(13-21)14-24-10-8-22-9-11-24/h6-7,12,14-15,22H,2-5,8-11H2,1H3,(H,23,25)/b19-14-. The van der Waals surface area contributed by atoms with Crippen LogP contribution in [0.25, 0.3) is 0 Å². The van der Waals surface area contributed by atoms with Gasteiger partial charge in [0, 0.05) is 32.4 Å². The van der Waals surface area contributed by atoms with Crippen LogP contribution >= 0.6 is 0 Å². The molecule has 0 bridgehead atoms. The van der Waals surface area contributed by atoms with Crippen molar-refractivity contribution in [3.05, 3.63) is 46.7 Å². The summed E-state index contributed by atoms with van der Waals surface area (Å²) in [7, 11) is 0. The quantitative estimate of drug-likeness (QED) is 0.651. The van der Waals surface area contributed by atoms with E-state index in [1.54, 1.807) is 6.20 Å². The van der Waals surface area contributed by atoms with Crippen molar-refractivity contribution < 1.29 is 4.79 Å². The summed E-state index contributed by atoms with van der Waals surface area (Å²) in [5, 5.41) is 15.6. The third-order valence-corrected chi connectivity index (χ3v) is 5.05. The highest BCUT2D eigenvalue weighted by atomic mass is 16.1. The molecule has 5 nitrogen and oxygen atoms in total. The zero-order valence-electron chi connectivity index (χ0n) is 14.8. The van der Waals surface area contributed by atoms with Gasteiger partial charge in [-0.05, 0) is 49.3 Å². The third-order valence-electron chi connectivity index (χ3n) is 5.05. The fourth-order valence-corrected chi connectivity index (χ4v) is 3.51. The molecule has 3 rings (SSSR count). The predicted octanol–water partition coefficient (Wildman–Crippen LogP) is 2.06. The monoisotopic (exact) mass is 338 g/mol. The molecular formula is C20H26N4O. The molecule has 1 aromatic carbocycles. The lowest BCUT2D eigenvalue weighted by atomic mass is 9.89. The van der Waals surface area contributed by atoms with Crippen LogP contribution in [0.3, 0.4) is 0 Å². The molecule has 2 aliphatic rings. The van der Waals surface area contributed by atoms with Crippen LogP contribution in [0.5, 0.6) is 0 Å². The van der Waals surface area contributed by atoms with E-state index in [-0.39, 0.29) is 17.5 Å². The molecule has 1 fully saturated rings. The van der Waals surface area contributed by atoms with E-state index < -0.39 is 0 Å². The maximum atomic E-state index is 12.5. The van der Waals surface area contributed by atoms with Crippen molar-refractivity contribution in [2.24, 2.45) is 0 Å². The average Bonchev–Trinajstić information content (AvgIpc) is 2.66. The molecule has 2 N–H and O–H groups in total. The molecule has 1 heterocycles. The molecular weight excluding hydrogens is 312 g/mol. The Morgan fingerprint density at radius 2 is 2.00 bits per heavy atom. The highest BCUT2D eigenvalue weighted by Gasteiger charge is 2.17. The van der Waals surface area contributed by atoms with Gasteiger partial charge in [-0.25, -0.2) is 0 Å². The van der Waals surface area contributed by atoms with Crippen molar-refractivity contribution in [2.75, 3.05) is 26.2 Å². The second-order valence-electron chi connectivity index (χ2n) is 6.87. The first-order valence-electron chi connectivity index (χ1n) is 9.16. The van der Waals surface area contributed by atoms with Gasteiger partial charge in [-0.1, -0.05) is 18.2 Å². The highest BCUT2D eigenvalue weighted by molar-refractivity contribution is 5.97. The number of nitrogens with one attached hydrogen (secondary N) is 2. The summed E-state index contributed by atoms with van der Waals surface area (Å²) in [6.07, 6.45) is 6.47. The van der Waals surface area contributed by atoms with Crippen LogP contribution in [0.4, 0.5) is 0 Å². The molecule has 1 aliphatic heterocycles. The Kier molecular flexibility index (Phi) is 5.72. The number of fused-ring (bicyclic) bond motifs is 1. The summed E-state index contributed by atoms with van der Waals surface area (Å²) < 4.78 is 0. The van der Waals surface area contributed by atoms with Gasteiger partial charge in [-0.2, -0.15) is 5.26 Å². The van der Waals surface area contributed by atoms with Crippen molar-refractivity contribution in [1.82, 2.24) is 15.5 Å². The van der Waals surface area contributed by atoms with E-state index in [4.69, 9.17) is 0 Å². The van der Waals surface area contributed by atoms with E-state index >= 15 is 0 Å². The van der Waals surface area contributed by atoms with Gasteiger partial charge in [0.2, 0.25) is 0 Å². The van der Waals surface area contributed by atoms with Gasteiger partial charge in [-0.15, -0.1) is 0 Å². The van der Waals surface area contributed by atoms with Gasteiger partial charge in [0.05, 0.1) is 6.04 Å². The van der Waals surface area contributed by atoms with Gasteiger partial charge in [0.25, 0.3) is 5.91 Å². The zero-order chi connectivity index (χ0) is 17.6. The summed E-state index contributed by atoms with van der Waals surface area (Å²) in [4.78, 5) is 14.5. The number of carbonyl (C=O) groups excluding carboxylic acids is 1. The number of hydrogen-bond donors (Lipinski definition) is 2. The van der Waals surface area contributed by atoms with Crippen LogP contribution in [0.1, 0.15) is 42.5 Å². The number of nitrogens with zero attached hydrogens (tertiary/aromatic N) is 2. The molecule has 25 heavy (non-hydrogen) atoms. The van der Waals surface area contributed by atoms with Crippen molar-refractivity contribution in [1.29, 1.82) is 5.26 Å². The number of piperazine rings is 1. The van der Waals surface area contributed by atoms with Gasteiger partial charge >= 0.3 is 0 Å². The molecule has 0 saturated carbocycles. The Balaban J connectivity index is 1.66. The summed E-state index contributed by atoms with van der Waals surface area (Å²) >= 11 is 0. The third kappa shape index (κ3) is 4.40. The minimum Gasteiger partial charge on any atom is -0.374 e. The maximum absolute atomic E-state index is 12.5. The molecule has 1 unspecified atom stereocenters. The van der Waals surface area contributed by atoms with E-state index in [1.165, 1.54) is 24.0 Å². The summed E-state index contributed by atoms with van der Waals surface area (Å²) in [6.45, 7) is 5.37. The molecule has 1 atom stereocenters. The highest BCUT2D eigenvalue weighted by Crippen LogP contribution is 2.24. The fourth-order valence-electron chi connectivity index (χ4n) is 3.51. The normalized spacial score (nSPS) is 18.9. The molecule has 1 saturated heterocycles. The predicted molar refractivity (Wildman–Crippen MR) is 97.8 cm³/mol. The molecule has 1 aliphatic carbocycles. The summed E-state index contributed by atoms with van der Waals surface area (Å²) in [6, 6.07) is 8.43. The minimum atomic E-state index is -0.300. The first-order valence-corrected chi connectivity index (χ1v) is 9.16. The number of aryl methyl sites for hydroxylation is 2. The van der Waals surface area contributed by atoms with Gasteiger partial charge in [0.15, 0.2) is 0 Å². The van der Waals surface area contributed by atoms with Crippen LogP contribution < -0.4 is 10.6 Å². The van der Waals surface area contributed by atoms with E-state index in [1.807, 2.05) is 17.9 Å². The van der Waals surface area contributed by atoms with Crippen molar-refractivity contribution in [2.45, 2.75) is 38.6 Å². The van der Waals surface area contributed by atoms with Crippen molar-refractivity contribution in [3.8, 4) is 6.07 Å². The summed E-state index contributed by atoms with van der Waals surface area (Å²) in [5.41, 5.74) is 4.12. The Bertz CT molecular complexity index is 698. The Morgan fingerprint density at radius 1 is 1.28 bits per heavy atom. The minimum absolute atomic E-state index is 0.112. The first kappa shape index (κ1) is 17.5. The molecule has 0 radical (unpaired) electrons. The van der Waals surface area contributed by atoms with Gasteiger partial charge in [0.1, 0.15) is 11.6 Å². The van der Waals surface area contributed by atoms with Crippen LogP contribution in [0.2, 0.25) is 0 Å². The topological polar surface area (TPSA) is 68.2 Å². The lowest BCUT2D eigenvalue weighted by molar-refractivity contribution is -0.117. The zero-order valence-corrected chi connectivity index (χ0v) is 14.8. The fraction of sp³-hybridized carbons (Fsp3) is 0.500. The van der Waals surface area contributed by atoms with E-state index in [2.05, 4.69) is 28.8 Å². The number of hydrogen-bond acceptors (Lipinski definition) is 4. The molecule has 1 aromatic rings. The number of amides is 1. The SMILES string of the molecule is CC(NC(=O)/C(C#N)=C\N1CCNCC1)c1ccc2c(c1)CCCC2. The van der Waals surface area contributed by atoms with Crippen molar-refractivity contribution >= 4 is 5.91 Å². The molecule has 0 spiro atoms. The lowest BCUT2D eigenvalue weighted by Crippen LogP contribution is -2.41. The van der Waals surface area contributed by atoms with Crippen LogP contribution in [0.15, 0.2) is 30.0 Å². The number of rotatable bonds is 4. The molecule has 1 amide bonds. The van der Waals surface area contributed by atoms with Crippen LogP contribution in [0, 0.1) is 11.3 Å². The Labute approximate surface area is 149 Å². The van der Waals surface area contributed by atoms with E-state index in [0.29, 0.717) is 0 Å². The van der Waals surface area contributed by atoms with Gasteiger partial charge in [-0.3, -0.25) is 4.79 Å². The van der Waals surface area contributed by atoms with Gasteiger partial charge < -0.3 is 15.5 Å². The second kappa shape index (κ2) is 8.17. The van der Waals surface area contributed by atoms with E-state index in [0.717, 1.165) is 44.6 Å². The lowest BCUT2D eigenvalue weighted by Gasteiger charge is -2.26. The van der Waals surface area contributed by atoms with E-state index in [9.17, 15) is 10.1 Å². The average molecular weight is 338 g/mol. The molecule has 0 aromatic heterocycles.